The van der Waals surface area contributed by atoms with Gasteiger partial charge in [0.25, 0.3) is 0 Å². The maximum absolute atomic E-state index is 12.8. The molecule has 0 aliphatic carbocycles. The Morgan fingerprint density at radius 1 is 0.367 bits per heavy atom. The lowest BCUT2D eigenvalue weighted by Gasteiger charge is -2.18. The van der Waals surface area contributed by atoms with Crippen LogP contribution in [0.15, 0.2) is 24.3 Å². The van der Waals surface area contributed by atoms with Crippen LogP contribution in [0.25, 0.3) is 0 Å². The van der Waals surface area contributed by atoms with E-state index in [0.717, 1.165) is 44.9 Å². The minimum Gasteiger partial charge on any atom is -0.462 e. The van der Waals surface area contributed by atoms with Gasteiger partial charge in [-0.25, -0.2) is 0 Å². The molecule has 0 radical (unpaired) electrons. The Kier molecular flexibility index (Phi) is 50.3. The third-order valence-corrected chi connectivity index (χ3v) is 12.0. The second kappa shape index (κ2) is 51.7. The first-order valence-electron chi connectivity index (χ1n) is 26.9. The zero-order valence-corrected chi connectivity index (χ0v) is 40.7. The number of rotatable bonds is 50. The first-order chi connectivity index (χ1) is 29.6. The lowest BCUT2D eigenvalue weighted by atomic mass is 10.0. The predicted octanol–water partition coefficient (Wildman–Crippen LogP) is 18.0. The molecule has 0 aromatic rings. The summed E-state index contributed by atoms with van der Waals surface area (Å²) in [5.74, 6) is -0.382. The monoisotopic (exact) mass is 845 g/mol. The summed E-state index contributed by atoms with van der Waals surface area (Å²) in [5.41, 5.74) is 0. The number of esters is 2. The summed E-state index contributed by atoms with van der Waals surface area (Å²) >= 11 is 0. The smallest absolute Gasteiger partial charge is 0.306 e. The van der Waals surface area contributed by atoms with E-state index in [0.29, 0.717) is 19.4 Å². The number of unbranched alkanes of at least 4 members (excludes halogenated alkanes) is 35. The van der Waals surface area contributed by atoms with Gasteiger partial charge in [0.1, 0.15) is 6.61 Å². The third kappa shape index (κ3) is 49.0. The summed E-state index contributed by atoms with van der Waals surface area (Å²) < 4.78 is 17.4. The van der Waals surface area contributed by atoms with Crippen molar-refractivity contribution < 1.29 is 23.8 Å². The molecule has 5 nitrogen and oxygen atoms in total. The average Bonchev–Trinajstić information content (AvgIpc) is 3.25. The SMILES string of the molecule is CCC/C=C\C/C=C\CCCCCCCCOCC(COC(=O)CCCCCCCCCCCCCCCCC)OC(=O)CCCCCCCCCCCCCCCCC. The van der Waals surface area contributed by atoms with Crippen LogP contribution in [0, 0.1) is 0 Å². The van der Waals surface area contributed by atoms with Crippen LogP contribution in [0.1, 0.15) is 290 Å². The van der Waals surface area contributed by atoms with E-state index >= 15 is 0 Å². The largest absolute Gasteiger partial charge is 0.462 e. The Bertz CT molecular complexity index is 913. The van der Waals surface area contributed by atoms with Crippen molar-refractivity contribution in [2.45, 2.75) is 297 Å². The summed E-state index contributed by atoms with van der Waals surface area (Å²) in [6.45, 7) is 7.80. The van der Waals surface area contributed by atoms with Gasteiger partial charge in [-0.05, 0) is 44.9 Å². The molecule has 0 aromatic heterocycles. The van der Waals surface area contributed by atoms with E-state index in [-0.39, 0.29) is 25.2 Å². The molecule has 1 unspecified atom stereocenters. The van der Waals surface area contributed by atoms with Gasteiger partial charge in [-0.15, -0.1) is 0 Å². The Balaban J connectivity index is 4.22. The van der Waals surface area contributed by atoms with Crippen molar-refractivity contribution in [3.8, 4) is 0 Å². The molecule has 354 valence electrons. The number of hydrogen-bond acceptors (Lipinski definition) is 5. The molecule has 0 N–H and O–H groups in total. The summed E-state index contributed by atoms with van der Waals surface area (Å²) in [6.07, 6.45) is 60.4. The minimum absolute atomic E-state index is 0.0889. The van der Waals surface area contributed by atoms with Crippen molar-refractivity contribution in [1.82, 2.24) is 0 Å². The first kappa shape index (κ1) is 58.4. The number of allylic oxidation sites excluding steroid dienone is 4. The Morgan fingerprint density at radius 3 is 1.17 bits per heavy atom. The molecule has 0 saturated carbocycles. The number of carbonyl (C=O) groups is 2. The second-order valence-electron chi connectivity index (χ2n) is 18.1. The highest BCUT2D eigenvalue weighted by molar-refractivity contribution is 5.70. The zero-order valence-electron chi connectivity index (χ0n) is 40.7. The van der Waals surface area contributed by atoms with E-state index in [1.165, 1.54) is 212 Å². The molecular formula is C55H104O5. The summed E-state index contributed by atoms with van der Waals surface area (Å²) in [4.78, 5) is 25.4. The molecule has 0 aliphatic heterocycles. The standard InChI is InChI=1S/C55H104O5/c1-4-7-10-13-16-19-22-25-28-30-33-36-39-42-45-48-54(56)59-52-53(51-58-50-47-44-41-38-35-32-27-24-21-18-15-12-9-6-3)60-55(57)49-46-43-40-37-34-31-29-26-23-20-17-14-11-8-5-2/h12,15,21,24,53H,4-11,13-14,16-20,22-23,25-52H2,1-3H3/b15-12-,24-21-. The van der Waals surface area contributed by atoms with Gasteiger partial charge in [0.05, 0.1) is 6.61 Å². The van der Waals surface area contributed by atoms with Crippen LogP contribution >= 0.6 is 0 Å². The van der Waals surface area contributed by atoms with E-state index < -0.39 is 6.10 Å². The van der Waals surface area contributed by atoms with E-state index in [1.54, 1.807) is 0 Å². The van der Waals surface area contributed by atoms with E-state index in [9.17, 15) is 9.59 Å². The van der Waals surface area contributed by atoms with Crippen molar-refractivity contribution in [1.29, 1.82) is 0 Å². The highest BCUT2D eigenvalue weighted by Gasteiger charge is 2.17. The molecule has 0 rings (SSSR count). The van der Waals surface area contributed by atoms with Crippen molar-refractivity contribution in [2.75, 3.05) is 19.8 Å². The average molecular weight is 845 g/mol. The summed E-state index contributed by atoms with van der Waals surface area (Å²) in [7, 11) is 0. The Hall–Kier alpha value is -1.62. The molecular weight excluding hydrogens is 741 g/mol. The fourth-order valence-electron chi connectivity index (χ4n) is 7.96. The summed E-state index contributed by atoms with van der Waals surface area (Å²) in [5, 5.41) is 0. The Labute approximate surface area is 375 Å². The van der Waals surface area contributed by atoms with E-state index in [2.05, 4.69) is 45.1 Å². The van der Waals surface area contributed by atoms with Gasteiger partial charge in [0.15, 0.2) is 6.10 Å². The quantitative estimate of drug-likeness (QED) is 0.0347. The lowest BCUT2D eigenvalue weighted by Crippen LogP contribution is -2.30. The van der Waals surface area contributed by atoms with Crippen LogP contribution in [0.3, 0.4) is 0 Å². The van der Waals surface area contributed by atoms with Crippen molar-refractivity contribution in [2.24, 2.45) is 0 Å². The van der Waals surface area contributed by atoms with E-state index in [1.807, 2.05) is 0 Å². The molecule has 0 spiro atoms. The number of ether oxygens (including phenoxy) is 3. The van der Waals surface area contributed by atoms with Gasteiger partial charge >= 0.3 is 11.9 Å². The van der Waals surface area contributed by atoms with Gasteiger partial charge in [-0.2, -0.15) is 0 Å². The zero-order chi connectivity index (χ0) is 43.5. The van der Waals surface area contributed by atoms with Crippen molar-refractivity contribution >= 4 is 11.9 Å². The maximum Gasteiger partial charge on any atom is 0.306 e. The fraction of sp³-hybridized carbons (Fsp3) is 0.891. The highest BCUT2D eigenvalue weighted by atomic mass is 16.6. The molecule has 0 amide bonds. The molecule has 0 aliphatic rings. The molecule has 0 saturated heterocycles. The summed E-state index contributed by atoms with van der Waals surface area (Å²) in [6, 6.07) is 0. The van der Waals surface area contributed by atoms with Gasteiger partial charge < -0.3 is 14.2 Å². The van der Waals surface area contributed by atoms with Crippen LogP contribution in [-0.2, 0) is 23.8 Å². The van der Waals surface area contributed by atoms with Crippen LogP contribution in [0.4, 0.5) is 0 Å². The predicted molar refractivity (Wildman–Crippen MR) is 261 cm³/mol. The molecule has 0 fully saturated rings. The molecule has 1 atom stereocenters. The minimum atomic E-state index is -0.533. The third-order valence-electron chi connectivity index (χ3n) is 12.0. The van der Waals surface area contributed by atoms with Crippen molar-refractivity contribution in [3.63, 3.8) is 0 Å². The highest BCUT2D eigenvalue weighted by Crippen LogP contribution is 2.16. The van der Waals surface area contributed by atoms with Crippen LogP contribution < -0.4 is 0 Å². The van der Waals surface area contributed by atoms with Crippen LogP contribution in [-0.4, -0.2) is 37.9 Å². The van der Waals surface area contributed by atoms with Crippen LogP contribution in [0.5, 0.6) is 0 Å². The molecule has 0 aromatic carbocycles. The van der Waals surface area contributed by atoms with Gasteiger partial charge in [-0.3, -0.25) is 9.59 Å². The molecule has 0 bridgehead atoms. The molecule has 60 heavy (non-hydrogen) atoms. The Morgan fingerprint density at radius 2 is 0.733 bits per heavy atom. The number of hydrogen-bond donors (Lipinski definition) is 0. The van der Waals surface area contributed by atoms with Crippen molar-refractivity contribution in [3.05, 3.63) is 24.3 Å². The van der Waals surface area contributed by atoms with Crippen LogP contribution in [0.2, 0.25) is 0 Å². The van der Waals surface area contributed by atoms with E-state index in [4.69, 9.17) is 14.2 Å². The van der Waals surface area contributed by atoms with Gasteiger partial charge in [0, 0.05) is 19.4 Å². The number of carbonyl (C=O) groups excluding carboxylic acids is 2. The molecule has 0 heterocycles. The molecule has 5 heteroatoms. The second-order valence-corrected chi connectivity index (χ2v) is 18.1. The fourth-order valence-corrected chi connectivity index (χ4v) is 7.96. The van der Waals surface area contributed by atoms with Gasteiger partial charge in [0.2, 0.25) is 0 Å². The normalized spacial score (nSPS) is 12.2. The maximum atomic E-state index is 12.8. The lowest BCUT2D eigenvalue weighted by molar-refractivity contribution is -0.163. The van der Waals surface area contributed by atoms with Gasteiger partial charge in [-0.1, -0.05) is 257 Å². The topological polar surface area (TPSA) is 61.8 Å². The first-order valence-corrected chi connectivity index (χ1v) is 26.9.